The molecule has 1 atom stereocenters. The molecule has 0 amide bonds. The van der Waals surface area contributed by atoms with E-state index in [2.05, 4.69) is 10.6 Å². The Bertz CT molecular complexity index is 618. The number of ether oxygens (including phenoxy) is 3. The minimum atomic E-state index is -0.780. The van der Waals surface area contributed by atoms with E-state index < -0.39 is 23.4 Å². The molecule has 2 N–H and O–H groups in total. The quantitative estimate of drug-likeness (QED) is 0.510. The maximum atomic E-state index is 11.3. The number of rotatable bonds is 7. The van der Waals surface area contributed by atoms with Crippen molar-refractivity contribution in [3.63, 3.8) is 0 Å². The molecule has 26 heavy (non-hydrogen) atoms. The number of esters is 3. The van der Waals surface area contributed by atoms with Gasteiger partial charge in [0.05, 0.1) is 5.70 Å². The highest BCUT2D eigenvalue weighted by atomic mass is 16.5. The molecule has 0 aromatic carbocycles. The molecule has 8 nitrogen and oxygen atoms in total. The van der Waals surface area contributed by atoms with Crippen LogP contribution in [-0.2, 0) is 28.6 Å². The summed E-state index contributed by atoms with van der Waals surface area (Å²) in [5.74, 6) is -1.11. The maximum Gasteiger partial charge on any atom is 0.308 e. The molecule has 0 aliphatic carbocycles. The largest absolute Gasteiger partial charge is 0.463 e. The number of hydrogen-bond donors (Lipinski definition) is 2. The third-order valence-electron chi connectivity index (χ3n) is 3.39. The fourth-order valence-corrected chi connectivity index (χ4v) is 2.16. The van der Waals surface area contributed by atoms with E-state index in [1.807, 2.05) is 20.8 Å². The molecule has 8 heteroatoms. The molecule has 1 unspecified atom stereocenters. The number of carbonyl (C=O) groups excluding carboxylic acids is 3. The molecule has 0 radical (unpaired) electrons. The van der Waals surface area contributed by atoms with E-state index in [1.54, 1.807) is 12.2 Å². The van der Waals surface area contributed by atoms with E-state index in [0.29, 0.717) is 12.2 Å². The standard InChI is InChI=1S/C18H28N2O6/c1-12(21)24-9-15-16(26-14(3)23)7-8-18(20-15,11-25-13(2)22)10-19-17(4,5)6/h7-8,19-20H,9-11H2,1-6H3. The minimum Gasteiger partial charge on any atom is -0.463 e. The highest BCUT2D eigenvalue weighted by Crippen LogP contribution is 2.22. The van der Waals surface area contributed by atoms with E-state index >= 15 is 0 Å². The van der Waals surface area contributed by atoms with Gasteiger partial charge in [-0.05, 0) is 26.8 Å². The lowest BCUT2D eigenvalue weighted by atomic mass is 9.94. The minimum absolute atomic E-state index is 0.0544. The van der Waals surface area contributed by atoms with E-state index in [-0.39, 0.29) is 24.5 Å². The van der Waals surface area contributed by atoms with Gasteiger partial charge in [-0.1, -0.05) is 6.08 Å². The van der Waals surface area contributed by atoms with Crippen molar-refractivity contribution in [3.05, 3.63) is 23.6 Å². The smallest absolute Gasteiger partial charge is 0.308 e. The maximum absolute atomic E-state index is 11.3. The fourth-order valence-electron chi connectivity index (χ4n) is 2.16. The van der Waals surface area contributed by atoms with Crippen molar-refractivity contribution < 1.29 is 28.6 Å². The Morgan fingerprint density at radius 3 is 2.19 bits per heavy atom. The molecule has 1 aliphatic rings. The Balaban J connectivity index is 3.09. The van der Waals surface area contributed by atoms with Gasteiger partial charge in [-0.15, -0.1) is 0 Å². The Morgan fingerprint density at radius 1 is 1.08 bits per heavy atom. The molecular formula is C18H28N2O6. The van der Waals surface area contributed by atoms with Crippen LogP contribution in [-0.4, -0.2) is 48.7 Å². The Hall–Kier alpha value is -2.35. The fraction of sp³-hybridized carbons (Fsp3) is 0.611. The van der Waals surface area contributed by atoms with Crippen LogP contribution in [0.2, 0.25) is 0 Å². The van der Waals surface area contributed by atoms with Crippen molar-refractivity contribution in [1.82, 2.24) is 10.6 Å². The van der Waals surface area contributed by atoms with Crippen LogP contribution in [0.4, 0.5) is 0 Å². The summed E-state index contributed by atoms with van der Waals surface area (Å²) in [6.07, 6.45) is 3.38. The summed E-state index contributed by atoms with van der Waals surface area (Å²) in [5.41, 5.74) is -0.534. The van der Waals surface area contributed by atoms with Crippen LogP contribution in [0.3, 0.4) is 0 Å². The number of dihydropyridines is 1. The summed E-state index contributed by atoms with van der Waals surface area (Å²) >= 11 is 0. The zero-order chi connectivity index (χ0) is 20.0. The number of nitrogens with one attached hydrogen (secondary N) is 2. The predicted octanol–water partition coefficient (Wildman–Crippen LogP) is 1.17. The molecule has 1 heterocycles. The zero-order valence-electron chi connectivity index (χ0n) is 16.2. The van der Waals surface area contributed by atoms with Crippen LogP contribution in [0.1, 0.15) is 41.5 Å². The van der Waals surface area contributed by atoms with Gasteiger partial charge in [-0.2, -0.15) is 0 Å². The van der Waals surface area contributed by atoms with E-state index in [4.69, 9.17) is 14.2 Å². The van der Waals surface area contributed by atoms with Gasteiger partial charge in [-0.3, -0.25) is 14.4 Å². The molecule has 1 aliphatic heterocycles. The van der Waals surface area contributed by atoms with Gasteiger partial charge in [-0.25, -0.2) is 0 Å². The molecule has 0 aromatic rings. The highest BCUT2D eigenvalue weighted by molar-refractivity contribution is 5.68. The van der Waals surface area contributed by atoms with E-state index in [1.165, 1.54) is 20.8 Å². The van der Waals surface area contributed by atoms with E-state index in [9.17, 15) is 14.4 Å². The lowest BCUT2D eigenvalue weighted by molar-refractivity contribution is -0.142. The van der Waals surface area contributed by atoms with Crippen molar-refractivity contribution in [2.45, 2.75) is 52.6 Å². The Morgan fingerprint density at radius 2 is 1.69 bits per heavy atom. The highest BCUT2D eigenvalue weighted by Gasteiger charge is 2.35. The lowest BCUT2D eigenvalue weighted by Crippen LogP contribution is -2.58. The Labute approximate surface area is 153 Å². The third kappa shape index (κ3) is 7.69. The van der Waals surface area contributed by atoms with Gasteiger partial charge in [0, 0.05) is 32.9 Å². The van der Waals surface area contributed by atoms with Crippen LogP contribution in [0.25, 0.3) is 0 Å². The van der Waals surface area contributed by atoms with Crippen molar-refractivity contribution in [2.24, 2.45) is 0 Å². The van der Waals surface area contributed by atoms with Crippen molar-refractivity contribution in [1.29, 1.82) is 0 Å². The Kier molecular flexibility index (Phi) is 7.38. The van der Waals surface area contributed by atoms with E-state index in [0.717, 1.165) is 0 Å². The molecule has 0 spiro atoms. The summed E-state index contributed by atoms with van der Waals surface area (Å²) in [6.45, 7) is 10.3. The third-order valence-corrected chi connectivity index (χ3v) is 3.39. The summed E-state index contributed by atoms with van der Waals surface area (Å²) in [7, 11) is 0. The predicted molar refractivity (Wildman–Crippen MR) is 94.8 cm³/mol. The summed E-state index contributed by atoms with van der Waals surface area (Å²) < 4.78 is 15.4. The number of carbonyl (C=O) groups is 3. The second kappa shape index (κ2) is 8.84. The molecule has 146 valence electrons. The number of hydrogen-bond acceptors (Lipinski definition) is 8. The average molecular weight is 368 g/mol. The van der Waals surface area contributed by atoms with Gasteiger partial charge in [0.15, 0.2) is 5.76 Å². The number of allylic oxidation sites excluding steroid dienone is 1. The zero-order valence-corrected chi connectivity index (χ0v) is 16.2. The molecular weight excluding hydrogens is 340 g/mol. The van der Waals surface area contributed by atoms with Crippen molar-refractivity contribution in [3.8, 4) is 0 Å². The molecule has 0 saturated heterocycles. The normalized spacial score (nSPS) is 19.6. The van der Waals surface area contributed by atoms with Crippen molar-refractivity contribution >= 4 is 17.9 Å². The van der Waals surface area contributed by atoms with Gasteiger partial charge in [0.2, 0.25) is 0 Å². The molecule has 0 aromatic heterocycles. The molecule has 0 saturated carbocycles. The van der Waals surface area contributed by atoms with Crippen molar-refractivity contribution in [2.75, 3.05) is 19.8 Å². The van der Waals surface area contributed by atoms with Gasteiger partial charge < -0.3 is 24.8 Å². The lowest BCUT2D eigenvalue weighted by Gasteiger charge is -2.38. The van der Waals surface area contributed by atoms with Gasteiger partial charge >= 0.3 is 17.9 Å². The first-order valence-electron chi connectivity index (χ1n) is 8.33. The monoisotopic (exact) mass is 368 g/mol. The molecule has 0 fully saturated rings. The first-order valence-corrected chi connectivity index (χ1v) is 8.33. The second-order valence-corrected chi connectivity index (χ2v) is 7.21. The van der Waals surface area contributed by atoms with Crippen LogP contribution < -0.4 is 10.6 Å². The first kappa shape index (κ1) is 21.7. The van der Waals surface area contributed by atoms with Crippen LogP contribution in [0.5, 0.6) is 0 Å². The van der Waals surface area contributed by atoms with Crippen LogP contribution in [0.15, 0.2) is 23.6 Å². The van der Waals surface area contributed by atoms with Crippen LogP contribution in [0, 0.1) is 0 Å². The summed E-state index contributed by atoms with van der Waals surface area (Å²) in [5, 5.41) is 6.56. The second-order valence-electron chi connectivity index (χ2n) is 7.21. The summed E-state index contributed by atoms with van der Waals surface area (Å²) in [6, 6.07) is 0. The van der Waals surface area contributed by atoms with Gasteiger partial charge in [0.1, 0.15) is 18.8 Å². The summed E-state index contributed by atoms with van der Waals surface area (Å²) in [4.78, 5) is 33.8. The van der Waals surface area contributed by atoms with Crippen LogP contribution >= 0.6 is 0 Å². The molecule has 0 bridgehead atoms. The van der Waals surface area contributed by atoms with Gasteiger partial charge in [0.25, 0.3) is 0 Å². The molecule has 1 rings (SSSR count). The SMILES string of the molecule is CC(=O)OCC1=C(OC(C)=O)C=CC(CNC(C)(C)C)(COC(C)=O)N1. The average Bonchev–Trinajstić information content (AvgIpc) is 2.50. The topological polar surface area (TPSA) is 103 Å². The first-order chi connectivity index (χ1) is 11.9.